The van der Waals surface area contributed by atoms with E-state index in [1.165, 1.54) is 0 Å². The van der Waals surface area contributed by atoms with Crippen molar-refractivity contribution in [1.29, 1.82) is 0 Å². The highest BCUT2D eigenvalue weighted by atomic mass is 32.1. The summed E-state index contributed by atoms with van der Waals surface area (Å²) in [6, 6.07) is 0. The Morgan fingerprint density at radius 2 is 2.28 bits per heavy atom. The molecule has 0 radical (unpaired) electrons. The number of hydrogen-bond acceptors (Lipinski definition) is 6. The van der Waals surface area contributed by atoms with Crippen LogP contribution in [0.5, 0.6) is 0 Å². The van der Waals surface area contributed by atoms with Crippen LogP contribution in [0.4, 0.5) is 5.82 Å². The number of nitrogens with two attached hydrogens (primary N) is 1. The van der Waals surface area contributed by atoms with E-state index in [1.54, 1.807) is 23.7 Å². The summed E-state index contributed by atoms with van der Waals surface area (Å²) in [6.45, 7) is 2.87. The van der Waals surface area contributed by atoms with Crippen molar-refractivity contribution in [2.45, 2.75) is 12.8 Å². The molecule has 0 spiro atoms. The molecule has 2 rings (SSSR count). The Bertz CT molecular complexity index is 509. The third-order valence-corrected chi connectivity index (χ3v) is 3.58. The van der Waals surface area contributed by atoms with Gasteiger partial charge in [-0.05, 0) is 0 Å². The first kappa shape index (κ1) is 12.8. The van der Waals surface area contributed by atoms with Crippen molar-refractivity contribution in [3.8, 4) is 0 Å². The van der Waals surface area contributed by atoms with Gasteiger partial charge in [-0.1, -0.05) is 19.1 Å². The highest BCUT2D eigenvalue weighted by molar-refractivity contribution is 7.80. The van der Waals surface area contributed by atoms with E-state index in [1.807, 2.05) is 11.6 Å². The predicted octanol–water partition coefficient (Wildman–Crippen LogP) is 1.78. The Hall–Kier alpha value is -1.60. The summed E-state index contributed by atoms with van der Waals surface area (Å²) in [5, 5.41) is 6.29. The number of thiazole rings is 1. The predicted molar refractivity (Wildman–Crippen MR) is 76.9 cm³/mol. The van der Waals surface area contributed by atoms with Crippen LogP contribution in [0.2, 0.25) is 0 Å². The van der Waals surface area contributed by atoms with Crippen LogP contribution in [0.15, 0.2) is 24.0 Å². The average Bonchev–Trinajstić information content (AvgIpc) is 2.90. The maximum absolute atomic E-state index is 5.45. The third-order valence-electron chi connectivity index (χ3n) is 2.37. The van der Waals surface area contributed by atoms with Crippen molar-refractivity contribution in [1.82, 2.24) is 15.0 Å². The zero-order chi connectivity index (χ0) is 13.0. The Morgan fingerprint density at radius 1 is 1.44 bits per heavy atom. The highest BCUT2D eigenvalue weighted by Gasteiger charge is 2.08. The summed E-state index contributed by atoms with van der Waals surface area (Å²) in [7, 11) is 0. The molecule has 3 N–H and O–H groups in total. The molecule has 0 aliphatic heterocycles. The second-order valence-electron chi connectivity index (χ2n) is 3.80. The first-order valence-electron chi connectivity index (χ1n) is 5.42. The average molecular weight is 279 g/mol. The van der Waals surface area contributed by atoms with Crippen molar-refractivity contribution >= 4 is 34.4 Å². The van der Waals surface area contributed by atoms with Gasteiger partial charge in [0.1, 0.15) is 16.5 Å². The fraction of sp³-hybridized carbons (Fsp3) is 0.273. The number of nitrogens with zero attached hydrogens (tertiary/aromatic N) is 3. The van der Waals surface area contributed by atoms with Crippen LogP contribution in [-0.2, 0) is 0 Å². The molecule has 1 atom stereocenters. The van der Waals surface area contributed by atoms with Gasteiger partial charge in [0.25, 0.3) is 0 Å². The molecule has 0 aliphatic carbocycles. The van der Waals surface area contributed by atoms with E-state index < -0.39 is 0 Å². The zero-order valence-electron chi connectivity index (χ0n) is 9.83. The number of anilines is 1. The van der Waals surface area contributed by atoms with Gasteiger partial charge in [0.05, 0.1) is 17.4 Å². The molecule has 0 saturated carbocycles. The minimum atomic E-state index is 0.255. The van der Waals surface area contributed by atoms with Crippen LogP contribution in [0.1, 0.15) is 23.5 Å². The molecule has 0 amide bonds. The first-order chi connectivity index (χ1) is 8.66. The monoisotopic (exact) mass is 279 g/mol. The van der Waals surface area contributed by atoms with Crippen LogP contribution >= 0.6 is 23.6 Å². The van der Waals surface area contributed by atoms with Crippen molar-refractivity contribution in [3.05, 3.63) is 34.7 Å². The van der Waals surface area contributed by atoms with Gasteiger partial charge in [-0.3, -0.25) is 0 Å². The second-order valence-corrected chi connectivity index (χ2v) is 5.17. The van der Waals surface area contributed by atoms with E-state index in [-0.39, 0.29) is 4.99 Å². The summed E-state index contributed by atoms with van der Waals surface area (Å²) in [6.07, 6.45) is 5.01. The minimum absolute atomic E-state index is 0.255. The van der Waals surface area contributed by atoms with E-state index in [4.69, 9.17) is 18.0 Å². The van der Waals surface area contributed by atoms with E-state index in [9.17, 15) is 0 Å². The van der Waals surface area contributed by atoms with Gasteiger partial charge in [-0.25, -0.2) is 15.0 Å². The van der Waals surface area contributed by atoms with Crippen molar-refractivity contribution in [2.24, 2.45) is 5.73 Å². The number of aromatic nitrogens is 3. The fourth-order valence-corrected chi connectivity index (χ4v) is 2.17. The molecule has 18 heavy (non-hydrogen) atoms. The van der Waals surface area contributed by atoms with Crippen LogP contribution in [0.25, 0.3) is 0 Å². The minimum Gasteiger partial charge on any atom is -0.388 e. The molecule has 7 heteroatoms. The normalized spacial score (nSPS) is 12.1. The smallest absolute Gasteiger partial charge is 0.144 e. The SMILES string of the molecule is CC(CNc1cnc(C(N)=S)cn1)c1nccs1. The number of nitrogens with one attached hydrogen (secondary N) is 1. The largest absolute Gasteiger partial charge is 0.388 e. The molecule has 0 aromatic carbocycles. The van der Waals surface area contributed by atoms with Crippen LogP contribution in [-0.4, -0.2) is 26.5 Å². The molecular weight excluding hydrogens is 266 g/mol. The lowest BCUT2D eigenvalue weighted by molar-refractivity contribution is 0.791. The Kier molecular flexibility index (Phi) is 4.16. The molecule has 0 bridgehead atoms. The fourth-order valence-electron chi connectivity index (χ4n) is 1.37. The topological polar surface area (TPSA) is 76.7 Å². The zero-order valence-corrected chi connectivity index (χ0v) is 11.5. The van der Waals surface area contributed by atoms with E-state index in [0.29, 0.717) is 17.4 Å². The molecule has 2 heterocycles. The molecule has 5 nitrogen and oxygen atoms in total. The van der Waals surface area contributed by atoms with Gasteiger partial charge < -0.3 is 11.1 Å². The lowest BCUT2D eigenvalue weighted by atomic mass is 10.2. The molecule has 1 unspecified atom stereocenters. The Balaban J connectivity index is 1.92. The van der Waals surface area contributed by atoms with Gasteiger partial charge in [0.2, 0.25) is 0 Å². The van der Waals surface area contributed by atoms with Gasteiger partial charge in [0, 0.05) is 24.0 Å². The summed E-state index contributed by atoms with van der Waals surface area (Å²) in [5.74, 6) is 1.04. The van der Waals surface area contributed by atoms with Crippen LogP contribution in [0.3, 0.4) is 0 Å². The van der Waals surface area contributed by atoms with Gasteiger partial charge in [-0.15, -0.1) is 11.3 Å². The third kappa shape index (κ3) is 3.21. The number of thiocarbonyl (C=S) groups is 1. The quantitative estimate of drug-likeness (QED) is 0.813. The highest BCUT2D eigenvalue weighted by Crippen LogP contribution is 2.17. The molecule has 94 valence electrons. The molecule has 2 aromatic heterocycles. The van der Waals surface area contributed by atoms with Crippen LogP contribution < -0.4 is 11.1 Å². The summed E-state index contributed by atoms with van der Waals surface area (Å²) in [4.78, 5) is 12.8. The Labute approximate surface area is 114 Å². The van der Waals surface area contributed by atoms with Crippen molar-refractivity contribution < 1.29 is 0 Å². The van der Waals surface area contributed by atoms with Crippen molar-refractivity contribution in [2.75, 3.05) is 11.9 Å². The van der Waals surface area contributed by atoms with E-state index in [2.05, 4.69) is 27.2 Å². The summed E-state index contributed by atoms with van der Waals surface area (Å²) >= 11 is 6.47. The van der Waals surface area contributed by atoms with Crippen molar-refractivity contribution in [3.63, 3.8) is 0 Å². The summed E-state index contributed by atoms with van der Waals surface area (Å²) < 4.78 is 0. The standard InChI is InChI=1S/C11H13N5S2/c1-7(11-13-2-3-18-11)4-15-9-6-14-8(5-16-9)10(12)17/h2-3,5-7H,4H2,1H3,(H2,12,17)(H,15,16). The Morgan fingerprint density at radius 3 is 2.83 bits per heavy atom. The first-order valence-corrected chi connectivity index (χ1v) is 6.70. The number of hydrogen-bond donors (Lipinski definition) is 2. The maximum atomic E-state index is 5.45. The van der Waals surface area contributed by atoms with E-state index in [0.717, 1.165) is 11.6 Å². The van der Waals surface area contributed by atoms with Crippen LogP contribution in [0, 0.1) is 0 Å². The van der Waals surface area contributed by atoms with E-state index >= 15 is 0 Å². The van der Waals surface area contributed by atoms with Gasteiger partial charge in [0.15, 0.2) is 0 Å². The molecule has 0 saturated heterocycles. The molecule has 0 aliphatic rings. The molecule has 2 aromatic rings. The lowest BCUT2D eigenvalue weighted by Crippen LogP contribution is -2.14. The van der Waals surface area contributed by atoms with Gasteiger partial charge in [-0.2, -0.15) is 0 Å². The van der Waals surface area contributed by atoms with Gasteiger partial charge >= 0.3 is 0 Å². The molecular formula is C11H13N5S2. The number of rotatable bonds is 5. The lowest BCUT2D eigenvalue weighted by Gasteiger charge is -2.10. The summed E-state index contributed by atoms with van der Waals surface area (Å²) in [5.41, 5.74) is 5.98. The molecule has 0 fully saturated rings. The maximum Gasteiger partial charge on any atom is 0.144 e. The second kappa shape index (κ2) is 5.83.